The number of hydrogen-bond acceptors (Lipinski definition) is 3. The first-order chi connectivity index (χ1) is 8.81. The topological polar surface area (TPSA) is 26.0 Å². The van der Waals surface area contributed by atoms with E-state index in [2.05, 4.69) is 42.2 Å². The lowest BCUT2D eigenvalue weighted by atomic mass is 10.2. The van der Waals surface area contributed by atoms with Crippen molar-refractivity contribution in [2.75, 3.05) is 0 Å². The molecule has 0 bridgehead atoms. The standard InChI is InChI=1S/C15H13NOS/c1-11-7-9-12(10-8-11)18-15-16-13-5-3-2-4-6-14(13)17-15/h2-5,7-10H,6H2,1H3. The number of aryl methyl sites for hydroxylation is 1. The van der Waals surface area contributed by atoms with Gasteiger partial charge in [-0.15, -0.1) is 0 Å². The Morgan fingerprint density at radius 1 is 1.17 bits per heavy atom. The summed E-state index contributed by atoms with van der Waals surface area (Å²) in [6.07, 6.45) is 8.89. The van der Waals surface area contributed by atoms with Crippen molar-refractivity contribution in [3.05, 3.63) is 59.5 Å². The van der Waals surface area contributed by atoms with Crippen LogP contribution in [0.4, 0.5) is 0 Å². The van der Waals surface area contributed by atoms with Crippen molar-refractivity contribution in [3.63, 3.8) is 0 Å². The van der Waals surface area contributed by atoms with E-state index in [0.717, 1.165) is 22.8 Å². The summed E-state index contributed by atoms with van der Waals surface area (Å²) in [4.78, 5) is 5.65. The Balaban J connectivity index is 1.84. The summed E-state index contributed by atoms with van der Waals surface area (Å²) in [6.45, 7) is 2.08. The van der Waals surface area contributed by atoms with E-state index in [4.69, 9.17) is 4.42 Å². The summed E-state index contributed by atoms with van der Waals surface area (Å²) in [7, 11) is 0. The van der Waals surface area contributed by atoms with Crippen molar-refractivity contribution in [2.45, 2.75) is 23.5 Å². The second-order valence-corrected chi connectivity index (χ2v) is 5.22. The molecule has 2 aromatic rings. The average molecular weight is 255 g/mol. The zero-order valence-corrected chi connectivity index (χ0v) is 10.9. The number of fused-ring (bicyclic) bond motifs is 1. The van der Waals surface area contributed by atoms with Crippen LogP contribution in [0.15, 0.2) is 57.0 Å². The fraction of sp³-hybridized carbons (Fsp3) is 0.133. The van der Waals surface area contributed by atoms with Gasteiger partial charge >= 0.3 is 0 Å². The van der Waals surface area contributed by atoms with E-state index < -0.39 is 0 Å². The molecule has 90 valence electrons. The van der Waals surface area contributed by atoms with Crippen LogP contribution in [0.2, 0.25) is 0 Å². The zero-order chi connectivity index (χ0) is 12.4. The smallest absolute Gasteiger partial charge is 0.261 e. The monoisotopic (exact) mass is 255 g/mol. The molecule has 1 heterocycles. The van der Waals surface area contributed by atoms with E-state index in [1.807, 2.05) is 18.2 Å². The number of hydrogen-bond donors (Lipinski definition) is 0. The normalized spacial score (nSPS) is 13.4. The van der Waals surface area contributed by atoms with Crippen molar-refractivity contribution >= 4 is 17.8 Å². The van der Waals surface area contributed by atoms with Crippen molar-refractivity contribution in [2.24, 2.45) is 0 Å². The molecular formula is C15H13NOS. The molecular weight excluding hydrogens is 242 g/mol. The quantitative estimate of drug-likeness (QED) is 0.802. The van der Waals surface area contributed by atoms with Crippen LogP contribution in [0.3, 0.4) is 0 Å². The molecule has 0 saturated heterocycles. The molecule has 1 aromatic carbocycles. The minimum absolute atomic E-state index is 0.712. The second kappa shape index (κ2) is 4.86. The maximum Gasteiger partial charge on any atom is 0.261 e. The number of benzene rings is 1. The van der Waals surface area contributed by atoms with Crippen LogP contribution in [-0.4, -0.2) is 4.98 Å². The molecule has 0 aliphatic heterocycles. The van der Waals surface area contributed by atoms with Crippen molar-refractivity contribution in [1.82, 2.24) is 4.98 Å². The van der Waals surface area contributed by atoms with Crippen LogP contribution >= 0.6 is 11.8 Å². The molecule has 0 spiro atoms. The Bertz CT molecular complexity index is 608. The van der Waals surface area contributed by atoms with E-state index >= 15 is 0 Å². The molecule has 0 saturated carbocycles. The number of nitrogens with zero attached hydrogens (tertiary/aromatic N) is 1. The summed E-state index contributed by atoms with van der Waals surface area (Å²) >= 11 is 1.56. The molecule has 0 fully saturated rings. The molecule has 0 radical (unpaired) electrons. The SMILES string of the molecule is Cc1ccc(Sc2nc3c(o2)CC=CC=C3)cc1. The third-order valence-corrected chi connectivity index (χ3v) is 3.60. The van der Waals surface area contributed by atoms with Gasteiger partial charge in [0.25, 0.3) is 5.22 Å². The first kappa shape index (κ1) is 11.4. The fourth-order valence-corrected chi connectivity index (χ4v) is 2.53. The molecule has 0 atom stereocenters. The Kier molecular flexibility index (Phi) is 3.07. The average Bonchev–Trinajstić information content (AvgIpc) is 2.62. The number of rotatable bonds is 2. The van der Waals surface area contributed by atoms with E-state index in [0.29, 0.717) is 5.22 Å². The van der Waals surface area contributed by atoms with Gasteiger partial charge in [-0.05, 0) is 36.9 Å². The summed E-state index contributed by atoms with van der Waals surface area (Å²) in [6, 6.07) is 8.37. The Labute approximate surface area is 110 Å². The van der Waals surface area contributed by atoms with Crippen LogP contribution in [-0.2, 0) is 6.42 Å². The molecule has 1 aliphatic rings. The molecule has 3 heteroatoms. The Hall–Kier alpha value is -1.74. The van der Waals surface area contributed by atoms with Gasteiger partial charge in [-0.2, -0.15) is 0 Å². The predicted molar refractivity (Wildman–Crippen MR) is 73.7 cm³/mol. The molecule has 2 nitrogen and oxygen atoms in total. The number of oxazole rings is 1. The largest absolute Gasteiger partial charge is 0.435 e. The highest BCUT2D eigenvalue weighted by molar-refractivity contribution is 7.99. The minimum Gasteiger partial charge on any atom is -0.435 e. The maximum absolute atomic E-state index is 5.77. The zero-order valence-electron chi connectivity index (χ0n) is 10.1. The van der Waals surface area contributed by atoms with Crippen LogP contribution in [0.25, 0.3) is 6.08 Å². The number of aromatic nitrogens is 1. The lowest BCUT2D eigenvalue weighted by Crippen LogP contribution is -1.79. The van der Waals surface area contributed by atoms with Crippen molar-refractivity contribution in [1.29, 1.82) is 0 Å². The molecule has 3 rings (SSSR count). The maximum atomic E-state index is 5.77. The van der Waals surface area contributed by atoms with Crippen molar-refractivity contribution in [3.8, 4) is 0 Å². The van der Waals surface area contributed by atoms with Crippen molar-refractivity contribution < 1.29 is 4.42 Å². The summed E-state index contributed by atoms with van der Waals surface area (Å²) < 4.78 is 5.77. The van der Waals surface area contributed by atoms with E-state index in [1.54, 1.807) is 11.8 Å². The lowest BCUT2D eigenvalue weighted by Gasteiger charge is -1.97. The van der Waals surface area contributed by atoms with E-state index in [9.17, 15) is 0 Å². The van der Waals surface area contributed by atoms with E-state index in [-0.39, 0.29) is 0 Å². The van der Waals surface area contributed by atoms with Crippen LogP contribution in [0.5, 0.6) is 0 Å². The highest BCUT2D eigenvalue weighted by Crippen LogP contribution is 2.30. The van der Waals surface area contributed by atoms with Gasteiger partial charge < -0.3 is 4.42 Å². The van der Waals surface area contributed by atoms with Gasteiger partial charge in [-0.3, -0.25) is 0 Å². The van der Waals surface area contributed by atoms with Crippen LogP contribution in [0, 0.1) is 6.92 Å². The molecule has 0 N–H and O–H groups in total. The van der Waals surface area contributed by atoms with Gasteiger partial charge in [0.05, 0.1) is 0 Å². The Morgan fingerprint density at radius 3 is 2.83 bits per heavy atom. The van der Waals surface area contributed by atoms with Crippen LogP contribution in [0.1, 0.15) is 17.0 Å². The first-order valence-electron chi connectivity index (χ1n) is 5.89. The first-order valence-corrected chi connectivity index (χ1v) is 6.70. The van der Waals surface area contributed by atoms with Gasteiger partial charge in [-0.25, -0.2) is 4.98 Å². The third kappa shape index (κ3) is 2.41. The van der Waals surface area contributed by atoms with Gasteiger partial charge in [-0.1, -0.05) is 35.9 Å². The molecule has 18 heavy (non-hydrogen) atoms. The van der Waals surface area contributed by atoms with Crippen LogP contribution < -0.4 is 0 Å². The lowest BCUT2D eigenvalue weighted by molar-refractivity contribution is 0.424. The van der Waals surface area contributed by atoms with Gasteiger partial charge in [0, 0.05) is 11.3 Å². The predicted octanol–water partition coefficient (Wildman–Crippen LogP) is 4.26. The highest BCUT2D eigenvalue weighted by atomic mass is 32.2. The molecule has 0 amide bonds. The number of allylic oxidation sites excluding steroid dienone is 3. The highest BCUT2D eigenvalue weighted by Gasteiger charge is 2.12. The minimum atomic E-state index is 0.712. The van der Waals surface area contributed by atoms with Gasteiger partial charge in [0.2, 0.25) is 0 Å². The summed E-state index contributed by atoms with van der Waals surface area (Å²) in [5, 5.41) is 0.712. The summed E-state index contributed by atoms with van der Waals surface area (Å²) in [5.74, 6) is 0.939. The Morgan fingerprint density at radius 2 is 2.00 bits per heavy atom. The van der Waals surface area contributed by atoms with Gasteiger partial charge in [0.1, 0.15) is 11.5 Å². The molecule has 1 aliphatic carbocycles. The van der Waals surface area contributed by atoms with Gasteiger partial charge in [0.15, 0.2) is 0 Å². The molecule has 1 aromatic heterocycles. The second-order valence-electron chi connectivity index (χ2n) is 4.19. The summed E-state index contributed by atoms with van der Waals surface area (Å²) in [5.41, 5.74) is 2.20. The van der Waals surface area contributed by atoms with E-state index in [1.165, 1.54) is 5.56 Å². The molecule has 0 unspecified atom stereocenters. The third-order valence-electron chi connectivity index (χ3n) is 2.74. The fourth-order valence-electron chi connectivity index (χ4n) is 1.77.